The summed E-state index contributed by atoms with van der Waals surface area (Å²) in [7, 11) is 0. The summed E-state index contributed by atoms with van der Waals surface area (Å²) in [6.07, 6.45) is 3.79. The first-order valence-electron chi connectivity index (χ1n) is 9.58. The maximum Gasteiger partial charge on any atom is 0.256 e. The molecule has 0 aliphatic heterocycles. The highest BCUT2D eigenvalue weighted by molar-refractivity contribution is 7.99. The van der Waals surface area contributed by atoms with E-state index in [4.69, 9.17) is 4.52 Å². The number of rotatable bonds is 7. The Morgan fingerprint density at radius 3 is 2.63 bits per heavy atom. The number of thioether (sulfide) groups is 1. The van der Waals surface area contributed by atoms with Gasteiger partial charge in [0.05, 0.1) is 12.0 Å². The molecule has 1 N–H and O–H groups in total. The molecule has 0 spiro atoms. The Morgan fingerprint density at radius 2 is 1.80 bits per heavy atom. The van der Waals surface area contributed by atoms with Gasteiger partial charge in [-0.2, -0.15) is 4.98 Å². The minimum atomic E-state index is -0.137. The van der Waals surface area contributed by atoms with Crippen LogP contribution in [0, 0.1) is 0 Å². The van der Waals surface area contributed by atoms with Gasteiger partial charge < -0.3 is 9.84 Å². The van der Waals surface area contributed by atoms with Crippen LogP contribution >= 0.6 is 11.8 Å². The smallest absolute Gasteiger partial charge is 0.256 e. The van der Waals surface area contributed by atoms with Crippen LogP contribution in [0.2, 0.25) is 0 Å². The largest absolute Gasteiger partial charge is 0.339 e. The molecule has 0 unspecified atom stereocenters. The third-order valence-electron chi connectivity index (χ3n) is 4.45. The van der Waals surface area contributed by atoms with Gasteiger partial charge in [-0.25, -0.2) is 0 Å². The number of benzene rings is 2. The second-order valence-electron chi connectivity index (χ2n) is 6.46. The Balaban J connectivity index is 1.54. The van der Waals surface area contributed by atoms with E-state index in [1.165, 1.54) is 0 Å². The molecular weight excluding hydrogens is 396 g/mol. The summed E-state index contributed by atoms with van der Waals surface area (Å²) in [6, 6.07) is 18.9. The van der Waals surface area contributed by atoms with Gasteiger partial charge in [0.1, 0.15) is 0 Å². The summed E-state index contributed by atoms with van der Waals surface area (Å²) in [5.74, 6) is 1.75. The number of anilines is 1. The summed E-state index contributed by atoms with van der Waals surface area (Å²) in [5.41, 5.74) is 3.13. The van der Waals surface area contributed by atoms with Crippen LogP contribution in [-0.4, -0.2) is 26.8 Å². The third-order valence-corrected chi connectivity index (χ3v) is 5.40. The predicted molar refractivity (Wildman–Crippen MR) is 118 cm³/mol. The minimum absolute atomic E-state index is 0.137. The molecule has 150 valence electrons. The first-order chi connectivity index (χ1) is 14.7. The van der Waals surface area contributed by atoms with E-state index in [-0.39, 0.29) is 5.91 Å². The van der Waals surface area contributed by atoms with E-state index in [1.54, 1.807) is 24.2 Å². The molecule has 4 rings (SSSR count). The normalized spacial score (nSPS) is 10.7. The SMILES string of the molecule is CCSc1ccccc1C(=O)Nc1ccccc1Cc1nc(-c2ccncc2)no1. The molecular formula is C23H20N4O2S. The first kappa shape index (κ1) is 19.8. The third kappa shape index (κ3) is 4.58. The van der Waals surface area contributed by atoms with Gasteiger partial charge in [0, 0.05) is 28.5 Å². The van der Waals surface area contributed by atoms with E-state index in [0.717, 1.165) is 27.5 Å². The van der Waals surface area contributed by atoms with E-state index in [0.29, 0.717) is 23.7 Å². The van der Waals surface area contributed by atoms with E-state index < -0.39 is 0 Å². The van der Waals surface area contributed by atoms with Crippen molar-refractivity contribution in [1.29, 1.82) is 0 Å². The Hall–Kier alpha value is -3.45. The molecule has 0 fully saturated rings. The zero-order valence-corrected chi connectivity index (χ0v) is 17.2. The second-order valence-corrected chi connectivity index (χ2v) is 7.77. The molecule has 4 aromatic rings. The molecule has 2 heterocycles. The summed E-state index contributed by atoms with van der Waals surface area (Å²) in [5, 5.41) is 7.08. The van der Waals surface area contributed by atoms with Crippen molar-refractivity contribution in [2.45, 2.75) is 18.2 Å². The molecule has 0 saturated carbocycles. The van der Waals surface area contributed by atoms with Crippen LogP contribution in [0.3, 0.4) is 0 Å². The van der Waals surface area contributed by atoms with Gasteiger partial charge in [-0.15, -0.1) is 11.8 Å². The zero-order chi connectivity index (χ0) is 20.8. The molecule has 1 amide bonds. The number of pyridine rings is 1. The van der Waals surface area contributed by atoms with Crippen LogP contribution in [0.1, 0.15) is 28.7 Å². The minimum Gasteiger partial charge on any atom is -0.339 e. The number of hydrogen-bond acceptors (Lipinski definition) is 6. The number of carbonyl (C=O) groups is 1. The lowest BCUT2D eigenvalue weighted by molar-refractivity contribution is 0.102. The number of amides is 1. The van der Waals surface area contributed by atoms with Crippen molar-refractivity contribution in [2.75, 3.05) is 11.1 Å². The lowest BCUT2D eigenvalue weighted by atomic mass is 10.1. The maximum atomic E-state index is 12.9. The molecule has 2 aromatic heterocycles. The van der Waals surface area contributed by atoms with Crippen molar-refractivity contribution < 1.29 is 9.32 Å². The van der Waals surface area contributed by atoms with Gasteiger partial charge in [0.25, 0.3) is 5.91 Å². The van der Waals surface area contributed by atoms with Crippen LogP contribution in [0.4, 0.5) is 5.69 Å². The van der Waals surface area contributed by atoms with Crippen molar-refractivity contribution in [3.8, 4) is 11.4 Å². The average molecular weight is 417 g/mol. The standard InChI is InChI=1S/C23H20N4O2S/c1-2-30-20-10-6-4-8-18(20)23(28)25-19-9-5-3-7-17(19)15-21-26-22(27-29-21)16-11-13-24-14-12-16/h3-14H,2,15H2,1H3,(H,25,28). The monoisotopic (exact) mass is 416 g/mol. The van der Waals surface area contributed by atoms with E-state index >= 15 is 0 Å². The molecule has 0 aliphatic carbocycles. The molecule has 0 saturated heterocycles. The number of hydrogen-bond donors (Lipinski definition) is 1. The topological polar surface area (TPSA) is 80.9 Å². The predicted octanol–water partition coefficient (Wildman–Crippen LogP) is 5.09. The number of nitrogens with one attached hydrogen (secondary N) is 1. The summed E-state index contributed by atoms with van der Waals surface area (Å²) in [6.45, 7) is 2.07. The van der Waals surface area contributed by atoms with E-state index in [9.17, 15) is 4.79 Å². The van der Waals surface area contributed by atoms with Crippen LogP contribution in [0.25, 0.3) is 11.4 Å². The van der Waals surface area contributed by atoms with Gasteiger partial charge in [-0.1, -0.05) is 42.4 Å². The van der Waals surface area contributed by atoms with Gasteiger partial charge in [0.2, 0.25) is 11.7 Å². The highest BCUT2D eigenvalue weighted by Crippen LogP contribution is 2.25. The zero-order valence-electron chi connectivity index (χ0n) is 16.4. The Kier molecular flexibility index (Phi) is 6.20. The van der Waals surface area contributed by atoms with E-state index in [1.807, 2.05) is 60.7 Å². The molecule has 0 radical (unpaired) electrons. The van der Waals surface area contributed by atoms with Crippen LogP contribution in [0.5, 0.6) is 0 Å². The van der Waals surface area contributed by atoms with E-state index in [2.05, 4.69) is 27.4 Å². The highest BCUT2D eigenvalue weighted by atomic mass is 32.2. The van der Waals surface area contributed by atoms with Crippen molar-refractivity contribution >= 4 is 23.4 Å². The Labute approximate surface area is 178 Å². The fraction of sp³-hybridized carbons (Fsp3) is 0.130. The lowest BCUT2D eigenvalue weighted by Crippen LogP contribution is -2.14. The number of nitrogens with zero attached hydrogens (tertiary/aromatic N) is 3. The van der Waals surface area contributed by atoms with Crippen LogP contribution < -0.4 is 5.32 Å². The molecule has 6 nitrogen and oxygen atoms in total. The van der Waals surface area contributed by atoms with Crippen molar-refractivity contribution in [1.82, 2.24) is 15.1 Å². The summed E-state index contributed by atoms with van der Waals surface area (Å²) < 4.78 is 5.42. The first-order valence-corrected chi connectivity index (χ1v) is 10.6. The molecule has 0 aliphatic rings. The molecule has 0 atom stereocenters. The van der Waals surface area contributed by atoms with Gasteiger partial charge >= 0.3 is 0 Å². The number of aromatic nitrogens is 3. The van der Waals surface area contributed by atoms with Crippen molar-refractivity contribution in [3.05, 3.63) is 90.1 Å². The summed E-state index contributed by atoms with van der Waals surface area (Å²) in [4.78, 5) is 22.4. The van der Waals surface area contributed by atoms with Crippen molar-refractivity contribution in [3.63, 3.8) is 0 Å². The molecule has 7 heteroatoms. The quantitative estimate of drug-likeness (QED) is 0.423. The molecule has 0 bridgehead atoms. The van der Waals surface area contributed by atoms with Gasteiger partial charge in [-0.3, -0.25) is 9.78 Å². The van der Waals surface area contributed by atoms with Crippen LogP contribution in [0.15, 0.2) is 82.5 Å². The number of para-hydroxylation sites is 1. The Bertz CT molecular complexity index is 1140. The molecule has 2 aromatic carbocycles. The Morgan fingerprint density at radius 1 is 1.03 bits per heavy atom. The fourth-order valence-electron chi connectivity index (χ4n) is 3.03. The maximum absolute atomic E-state index is 12.9. The fourth-order valence-corrected chi connectivity index (χ4v) is 3.83. The second kappa shape index (κ2) is 9.37. The average Bonchev–Trinajstić information content (AvgIpc) is 3.25. The highest BCUT2D eigenvalue weighted by Gasteiger charge is 2.15. The van der Waals surface area contributed by atoms with Crippen molar-refractivity contribution in [2.24, 2.45) is 0 Å². The summed E-state index contributed by atoms with van der Waals surface area (Å²) >= 11 is 1.65. The molecule has 30 heavy (non-hydrogen) atoms. The van der Waals surface area contributed by atoms with Gasteiger partial charge in [-0.05, 0) is 41.6 Å². The van der Waals surface area contributed by atoms with Crippen LogP contribution in [-0.2, 0) is 6.42 Å². The van der Waals surface area contributed by atoms with Gasteiger partial charge in [0.15, 0.2) is 0 Å². The lowest BCUT2D eigenvalue weighted by Gasteiger charge is -2.12. The number of carbonyl (C=O) groups excluding carboxylic acids is 1.